The van der Waals surface area contributed by atoms with E-state index in [0.29, 0.717) is 25.4 Å². The zero-order chi connectivity index (χ0) is 16.5. The first-order valence-electron chi connectivity index (χ1n) is 8.36. The monoisotopic (exact) mass is 327 g/mol. The molecule has 24 heavy (non-hydrogen) atoms. The largest absolute Gasteiger partial charge is 0.380 e. The van der Waals surface area contributed by atoms with Gasteiger partial charge in [-0.15, -0.1) is 0 Å². The molecular weight excluding hydrogens is 306 g/mol. The Hall–Kier alpha value is -2.28. The Bertz CT molecular complexity index is 726. The maximum Gasteiger partial charge on any atom is 0.274 e. The summed E-state index contributed by atoms with van der Waals surface area (Å²) in [6.45, 7) is 2.61. The third-order valence-electron chi connectivity index (χ3n) is 4.75. The van der Waals surface area contributed by atoms with Crippen molar-refractivity contribution in [2.24, 2.45) is 13.0 Å². The minimum Gasteiger partial charge on any atom is -0.380 e. The minimum absolute atomic E-state index is 0.0952. The lowest BCUT2D eigenvalue weighted by Crippen LogP contribution is -2.40. The van der Waals surface area contributed by atoms with Gasteiger partial charge in [-0.05, 0) is 18.8 Å². The van der Waals surface area contributed by atoms with Crippen molar-refractivity contribution >= 4 is 5.91 Å². The molecule has 2 aliphatic rings. The first-order valence-corrected chi connectivity index (χ1v) is 8.36. The molecule has 2 aromatic rings. The molecule has 0 bridgehead atoms. The molecule has 1 aliphatic carbocycles. The highest BCUT2D eigenvalue weighted by atomic mass is 16.5. The Morgan fingerprint density at radius 1 is 1.29 bits per heavy atom. The Labute approximate surface area is 140 Å². The van der Waals surface area contributed by atoms with E-state index in [-0.39, 0.29) is 11.8 Å². The van der Waals surface area contributed by atoms with Crippen molar-refractivity contribution in [2.45, 2.75) is 25.3 Å². The van der Waals surface area contributed by atoms with Crippen molar-refractivity contribution in [1.29, 1.82) is 0 Å². The molecule has 1 fully saturated rings. The van der Waals surface area contributed by atoms with Gasteiger partial charge < -0.3 is 9.64 Å². The number of hydrogen-bond donors (Lipinski definition) is 0. The van der Waals surface area contributed by atoms with Crippen LogP contribution in [0.1, 0.15) is 40.5 Å². The van der Waals surface area contributed by atoms with Crippen LogP contribution in [-0.2, 0) is 18.3 Å². The molecule has 0 N–H and O–H groups in total. The minimum atomic E-state index is -0.0952. The van der Waals surface area contributed by atoms with E-state index in [1.807, 2.05) is 22.8 Å². The number of hydrogen-bond acceptors (Lipinski definition) is 5. The molecule has 1 saturated carbocycles. The average molecular weight is 327 g/mol. The smallest absolute Gasteiger partial charge is 0.274 e. The van der Waals surface area contributed by atoms with Crippen molar-refractivity contribution in [2.75, 3.05) is 19.8 Å². The van der Waals surface area contributed by atoms with Crippen LogP contribution in [0.5, 0.6) is 0 Å². The Morgan fingerprint density at radius 2 is 2.17 bits per heavy atom. The SMILES string of the molecule is Cn1ncc2c1CN(C(=O)c1cnccn1)CC2COCC1CC1. The van der Waals surface area contributed by atoms with Gasteiger partial charge in [0.2, 0.25) is 0 Å². The summed E-state index contributed by atoms with van der Waals surface area (Å²) in [7, 11) is 1.91. The van der Waals surface area contributed by atoms with Gasteiger partial charge in [0.1, 0.15) is 5.69 Å². The standard InChI is InChI=1S/C17H21N5O2/c1-21-16-9-22(17(23)15-7-18-4-5-19-15)8-13(14(16)6-20-21)11-24-10-12-2-3-12/h4-7,12-13H,2-3,8-11H2,1H3. The Morgan fingerprint density at radius 3 is 2.92 bits per heavy atom. The normalized spacial score (nSPS) is 20.0. The number of aryl methyl sites for hydroxylation is 1. The van der Waals surface area contributed by atoms with E-state index in [9.17, 15) is 4.79 Å². The van der Waals surface area contributed by atoms with E-state index in [0.717, 1.165) is 18.2 Å². The number of rotatable bonds is 5. The number of nitrogens with zero attached hydrogens (tertiary/aromatic N) is 5. The fourth-order valence-electron chi connectivity index (χ4n) is 3.15. The van der Waals surface area contributed by atoms with Crippen LogP contribution in [0.25, 0.3) is 0 Å². The summed E-state index contributed by atoms with van der Waals surface area (Å²) < 4.78 is 7.74. The molecule has 0 radical (unpaired) electrons. The van der Waals surface area contributed by atoms with Gasteiger partial charge in [0, 0.05) is 44.1 Å². The molecule has 1 aliphatic heterocycles. The lowest BCUT2D eigenvalue weighted by Gasteiger charge is -2.32. The molecule has 0 aromatic carbocycles. The predicted octanol–water partition coefficient (Wildman–Crippen LogP) is 1.38. The molecule has 4 rings (SSSR count). The maximum absolute atomic E-state index is 12.7. The number of aromatic nitrogens is 4. The van der Waals surface area contributed by atoms with Crippen LogP contribution in [0, 0.1) is 5.92 Å². The highest BCUT2D eigenvalue weighted by molar-refractivity contribution is 5.92. The zero-order valence-corrected chi connectivity index (χ0v) is 13.8. The zero-order valence-electron chi connectivity index (χ0n) is 13.8. The predicted molar refractivity (Wildman–Crippen MR) is 86.3 cm³/mol. The molecular formula is C17H21N5O2. The molecule has 7 nitrogen and oxygen atoms in total. The Kier molecular flexibility index (Phi) is 4.02. The second kappa shape index (κ2) is 6.32. The summed E-state index contributed by atoms with van der Waals surface area (Å²) in [5, 5.41) is 4.37. The van der Waals surface area contributed by atoms with Gasteiger partial charge in [-0.2, -0.15) is 5.10 Å². The number of carbonyl (C=O) groups excluding carboxylic acids is 1. The van der Waals surface area contributed by atoms with Crippen LogP contribution in [0.2, 0.25) is 0 Å². The molecule has 0 saturated heterocycles. The summed E-state index contributed by atoms with van der Waals surface area (Å²) >= 11 is 0. The molecule has 1 unspecified atom stereocenters. The summed E-state index contributed by atoms with van der Waals surface area (Å²) in [4.78, 5) is 22.7. The first kappa shape index (κ1) is 15.3. The molecule has 1 amide bonds. The molecule has 1 atom stereocenters. The summed E-state index contributed by atoms with van der Waals surface area (Å²) in [5.74, 6) is 0.795. The van der Waals surface area contributed by atoms with E-state index < -0.39 is 0 Å². The first-order chi connectivity index (χ1) is 11.7. The van der Waals surface area contributed by atoms with Crippen molar-refractivity contribution in [1.82, 2.24) is 24.6 Å². The number of amides is 1. The highest BCUT2D eigenvalue weighted by Crippen LogP contribution is 2.31. The van der Waals surface area contributed by atoms with E-state index in [2.05, 4.69) is 15.1 Å². The lowest BCUT2D eigenvalue weighted by molar-refractivity contribution is 0.0618. The van der Waals surface area contributed by atoms with Crippen molar-refractivity contribution < 1.29 is 9.53 Å². The summed E-state index contributed by atoms with van der Waals surface area (Å²) in [6.07, 6.45) is 9.09. The van der Waals surface area contributed by atoms with E-state index in [4.69, 9.17) is 4.74 Å². The molecule has 7 heteroatoms. The van der Waals surface area contributed by atoms with E-state index in [1.165, 1.54) is 24.6 Å². The van der Waals surface area contributed by atoms with Crippen LogP contribution in [-0.4, -0.2) is 50.3 Å². The van der Waals surface area contributed by atoms with Crippen LogP contribution >= 0.6 is 0 Å². The maximum atomic E-state index is 12.7. The van der Waals surface area contributed by atoms with Crippen molar-refractivity contribution in [3.63, 3.8) is 0 Å². The second-order valence-electron chi connectivity index (χ2n) is 6.62. The summed E-state index contributed by atoms with van der Waals surface area (Å²) in [6, 6.07) is 0. The number of fused-ring (bicyclic) bond motifs is 1. The number of carbonyl (C=O) groups is 1. The molecule has 126 valence electrons. The summed E-state index contributed by atoms with van der Waals surface area (Å²) in [5.41, 5.74) is 2.63. The van der Waals surface area contributed by atoms with Gasteiger partial charge in [0.15, 0.2) is 0 Å². The molecule has 0 spiro atoms. The van der Waals surface area contributed by atoms with Gasteiger partial charge in [0.25, 0.3) is 5.91 Å². The fourth-order valence-corrected chi connectivity index (χ4v) is 3.15. The average Bonchev–Trinajstić information content (AvgIpc) is 3.37. The van der Waals surface area contributed by atoms with Gasteiger partial charge >= 0.3 is 0 Å². The molecule has 3 heterocycles. The van der Waals surface area contributed by atoms with Gasteiger partial charge in [0.05, 0.1) is 31.2 Å². The van der Waals surface area contributed by atoms with Crippen LogP contribution < -0.4 is 0 Å². The van der Waals surface area contributed by atoms with Crippen LogP contribution in [0.4, 0.5) is 0 Å². The van der Waals surface area contributed by atoms with E-state index >= 15 is 0 Å². The number of ether oxygens (including phenoxy) is 1. The van der Waals surface area contributed by atoms with Gasteiger partial charge in [-0.25, -0.2) is 4.98 Å². The highest BCUT2D eigenvalue weighted by Gasteiger charge is 2.32. The third kappa shape index (κ3) is 3.03. The van der Waals surface area contributed by atoms with Gasteiger partial charge in [-0.3, -0.25) is 14.5 Å². The second-order valence-corrected chi connectivity index (χ2v) is 6.62. The third-order valence-corrected chi connectivity index (χ3v) is 4.75. The quantitative estimate of drug-likeness (QED) is 0.829. The molecule has 2 aromatic heterocycles. The lowest BCUT2D eigenvalue weighted by atomic mass is 9.95. The van der Waals surface area contributed by atoms with Crippen molar-refractivity contribution in [3.8, 4) is 0 Å². The van der Waals surface area contributed by atoms with Crippen molar-refractivity contribution in [3.05, 3.63) is 41.7 Å². The fraction of sp³-hybridized carbons (Fsp3) is 0.529. The Balaban J connectivity index is 1.52. The van der Waals surface area contributed by atoms with E-state index in [1.54, 1.807) is 12.4 Å². The topological polar surface area (TPSA) is 73.1 Å². The van der Waals surface area contributed by atoms with Crippen LogP contribution in [0.3, 0.4) is 0 Å². The van der Waals surface area contributed by atoms with Crippen LogP contribution in [0.15, 0.2) is 24.8 Å². The van der Waals surface area contributed by atoms with Gasteiger partial charge in [-0.1, -0.05) is 0 Å².